The normalized spacial score (nSPS) is 12.4. The van der Waals surface area contributed by atoms with Crippen LogP contribution in [-0.4, -0.2) is 30.5 Å². The van der Waals surface area contributed by atoms with E-state index in [-0.39, 0.29) is 23.6 Å². The molecule has 2 heterocycles. The number of hydrogen-bond acceptors (Lipinski definition) is 5. The van der Waals surface area contributed by atoms with Gasteiger partial charge in [0, 0.05) is 30.8 Å². The molecular formula is C27H27F2N3O3. The van der Waals surface area contributed by atoms with Crippen molar-refractivity contribution in [1.29, 1.82) is 0 Å². The van der Waals surface area contributed by atoms with Crippen molar-refractivity contribution >= 4 is 17.7 Å². The van der Waals surface area contributed by atoms with Gasteiger partial charge in [-0.2, -0.15) is 0 Å². The molecule has 35 heavy (non-hydrogen) atoms. The first-order valence-corrected chi connectivity index (χ1v) is 11.6. The third-order valence-electron chi connectivity index (χ3n) is 6.03. The van der Waals surface area contributed by atoms with E-state index in [9.17, 15) is 18.4 Å². The molecule has 1 aromatic heterocycles. The summed E-state index contributed by atoms with van der Waals surface area (Å²) < 4.78 is 33.6. The van der Waals surface area contributed by atoms with Crippen molar-refractivity contribution in [3.8, 4) is 11.1 Å². The summed E-state index contributed by atoms with van der Waals surface area (Å²) in [6.07, 6.45) is 3.76. The molecule has 1 aliphatic rings. The Bertz CT molecular complexity index is 1250. The van der Waals surface area contributed by atoms with E-state index >= 15 is 0 Å². The number of anilines is 1. The van der Waals surface area contributed by atoms with Crippen molar-refractivity contribution in [3.63, 3.8) is 0 Å². The topological polar surface area (TPSA) is 80.3 Å². The number of pyridine rings is 1. The van der Waals surface area contributed by atoms with Crippen LogP contribution in [0.3, 0.4) is 0 Å². The Morgan fingerprint density at radius 3 is 2.77 bits per heavy atom. The van der Waals surface area contributed by atoms with Gasteiger partial charge in [0.2, 0.25) is 5.91 Å². The maximum atomic E-state index is 14.7. The predicted octanol–water partition coefficient (Wildman–Crippen LogP) is 4.81. The SMILES string of the molecule is COC(=O)c1c(F)cccc1-c1ccc(CNC(=O)CCCc2ccc3c(n2)NCCC3)c(F)c1. The number of nitrogens with zero attached hydrogens (tertiary/aromatic N) is 1. The zero-order chi connectivity index (χ0) is 24.8. The predicted molar refractivity (Wildman–Crippen MR) is 129 cm³/mol. The highest BCUT2D eigenvalue weighted by Gasteiger charge is 2.19. The Kier molecular flexibility index (Phi) is 7.70. The van der Waals surface area contributed by atoms with Crippen LogP contribution in [0.15, 0.2) is 48.5 Å². The van der Waals surface area contributed by atoms with Gasteiger partial charge in [0.05, 0.1) is 7.11 Å². The molecule has 8 heteroatoms. The lowest BCUT2D eigenvalue weighted by molar-refractivity contribution is -0.121. The fourth-order valence-corrected chi connectivity index (χ4v) is 4.15. The van der Waals surface area contributed by atoms with Gasteiger partial charge in [-0.25, -0.2) is 18.6 Å². The van der Waals surface area contributed by atoms with Gasteiger partial charge in [0.25, 0.3) is 0 Å². The largest absolute Gasteiger partial charge is 0.465 e. The number of carbonyl (C=O) groups is 2. The number of methoxy groups -OCH3 is 1. The molecule has 182 valence electrons. The van der Waals surface area contributed by atoms with Crippen LogP contribution in [-0.2, 0) is 28.9 Å². The lowest BCUT2D eigenvalue weighted by Gasteiger charge is -2.17. The summed E-state index contributed by atoms with van der Waals surface area (Å²) in [6, 6.07) is 12.5. The van der Waals surface area contributed by atoms with Crippen molar-refractivity contribution < 1.29 is 23.1 Å². The van der Waals surface area contributed by atoms with E-state index in [0.717, 1.165) is 44.1 Å². The highest BCUT2D eigenvalue weighted by Crippen LogP contribution is 2.28. The maximum absolute atomic E-state index is 14.7. The van der Waals surface area contributed by atoms with Crippen LogP contribution in [0.25, 0.3) is 11.1 Å². The van der Waals surface area contributed by atoms with E-state index in [0.29, 0.717) is 30.4 Å². The summed E-state index contributed by atoms with van der Waals surface area (Å²) in [5.41, 5.74) is 2.78. The number of amides is 1. The van der Waals surface area contributed by atoms with E-state index in [1.165, 1.54) is 29.8 Å². The second kappa shape index (κ2) is 11.1. The molecule has 4 rings (SSSR count). The molecule has 0 unspecified atom stereocenters. The average Bonchev–Trinajstić information content (AvgIpc) is 2.87. The summed E-state index contributed by atoms with van der Waals surface area (Å²) in [5, 5.41) is 6.04. The first-order chi connectivity index (χ1) is 17.0. The van der Waals surface area contributed by atoms with Crippen LogP contribution >= 0.6 is 0 Å². The lowest BCUT2D eigenvalue weighted by atomic mass is 9.98. The Morgan fingerprint density at radius 1 is 1.11 bits per heavy atom. The molecule has 2 N–H and O–H groups in total. The standard InChI is InChI=1S/C27H27F2N3O3/c1-35-27(34)25-21(7-3-8-22(25)28)18-10-11-19(23(29)15-18)16-31-24(33)9-2-6-20-13-12-17-5-4-14-30-26(17)32-20/h3,7-8,10-13,15H,2,4-6,9,14,16H2,1H3,(H,30,32)(H,31,33). The highest BCUT2D eigenvalue weighted by atomic mass is 19.1. The first-order valence-electron chi connectivity index (χ1n) is 11.6. The number of hydrogen-bond donors (Lipinski definition) is 2. The second-order valence-corrected chi connectivity index (χ2v) is 8.43. The molecule has 0 radical (unpaired) electrons. The van der Waals surface area contributed by atoms with Crippen LogP contribution < -0.4 is 10.6 Å². The number of rotatable bonds is 8. The van der Waals surface area contributed by atoms with Gasteiger partial charge in [-0.3, -0.25) is 4.79 Å². The molecule has 0 fully saturated rings. The van der Waals surface area contributed by atoms with Gasteiger partial charge >= 0.3 is 5.97 Å². The van der Waals surface area contributed by atoms with Gasteiger partial charge in [0.1, 0.15) is 23.0 Å². The third kappa shape index (κ3) is 5.82. The number of esters is 1. The highest BCUT2D eigenvalue weighted by molar-refractivity contribution is 5.97. The maximum Gasteiger partial charge on any atom is 0.341 e. The van der Waals surface area contributed by atoms with Gasteiger partial charge in [-0.15, -0.1) is 0 Å². The van der Waals surface area contributed by atoms with Crippen molar-refractivity contribution in [2.75, 3.05) is 19.0 Å². The summed E-state index contributed by atoms with van der Waals surface area (Å²) in [4.78, 5) is 28.9. The van der Waals surface area contributed by atoms with Crippen molar-refractivity contribution in [2.24, 2.45) is 0 Å². The average molecular weight is 480 g/mol. The lowest BCUT2D eigenvalue weighted by Crippen LogP contribution is -2.23. The van der Waals surface area contributed by atoms with Crippen molar-refractivity contribution in [3.05, 3.63) is 82.5 Å². The van der Waals surface area contributed by atoms with Gasteiger partial charge in [-0.05, 0) is 60.6 Å². The molecule has 0 aliphatic carbocycles. The molecule has 2 aromatic carbocycles. The summed E-state index contributed by atoms with van der Waals surface area (Å²) >= 11 is 0. The molecule has 0 atom stereocenters. The van der Waals surface area contributed by atoms with E-state index in [1.807, 2.05) is 6.07 Å². The minimum Gasteiger partial charge on any atom is -0.465 e. The van der Waals surface area contributed by atoms with E-state index in [2.05, 4.69) is 26.4 Å². The summed E-state index contributed by atoms with van der Waals surface area (Å²) in [6.45, 7) is 0.955. The fraction of sp³-hybridized carbons (Fsp3) is 0.296. The van der Waals surface area contributed by atoms with Gasteiger partial charge < -0.3 is 15.4 Å². The number of benzene rings is 2. The molecule has 1 aliphatic heterocycles. The van der Waals surface area contributed by atoms with Crippen LogP contribution in [0.1, 0.15) is 46.4 Å². The number of aromatic nitrogens is 1. The number of ether oxygens (including phenoxy) is 1. The number of halogens is 2. The zero-order valence-corrected chi connectivity index (χ0v) is 19.5. The molecule has 0 bridgehead atoms. The molecule has 0 spiro atoms. The molecule has 6 nitrogen and oxygen atoms in total. The molecule has 0 saturated heterocycles. The number of aryl methyl sites for hydroxylation is 2. The Balaban J connectivity index is 1.32. The van der Waals surface area contributed by atoms with Crippen molar-refractivity contribution in [2.45, 2.75) is 38.6 Å². The van der Waals surface area contributed by atoms with E-state index in [1.54, 1.807) is 6.07 Å². The van der Waals surface area contributed by atoms with Crippen LogP contribution in [0.5, 0.6) is 0 Å². The van der Waals surface area contributed by atoms with E-state index < -0.39 is 17.6 Å². The monoisotopic (exact) mass is 479 g/mol. The fourth-order valence-electron chi connectivity index (χ4n) is 4.15. The quantitative estimate of drug-likeness (QED) is 0.453. The Morgan fingerprint density at radius 2 is 1.97 bits per heavy atom. The molecule has 0 saturated carbocycles. The van der Waals surface area contributed by atoms with Gasteiger partial charge in [0.15, 0.2) is 0 Å². The zero-order valence-electron chi connectivity index (χ0n) is 19.5. The van der Waals surface area contributed by atoms with Crippen LogP contribution in [0.4, 0.5) is 14.6 Å². The Hall–Kier alpha value is -3.81. The molecular weight excluding hydrogens is 452 g/mol. The Labute approximate surface area is 202 Å². The molecule has 1 amide bonds. The van der Waals surface area contributed by atoms with Crippen LogP contribution in [0.2, 0.25) is 0 Å². The summed E-state index contributed by atoms with van der Waals surface area (Å²) in [7, 11) is 1.16. The minimum absolute atomic E-state index is 0.0268. The molecule has 3 aromatic rings. The number of carbonyl (C=O) groups excluding carboxylic acids is 2. The first kappa shape index (κ1) is 24.3. The minimum atomic E-state index is -0.836. The number of nitrogens with one attached hydrogen (secondary N) is 2. The van der Waals surface area contributed by atoms with Crippen LogP contribution in [0, 0.1) is 11.6 Å². The number of fused-ring (bicyclic) bond motifs is 1. The third-order valence-corrected chi connectivity index (χ3v) is 6.03. The van der Waals surface area contributed by atoms with Gasteiger partial charge in [-0.1, -0.05) is 30.3 Å². The van der Waals surface area contributed by atoms with E-state index in [4.69, 9.17) is 0 Å². The summed E-state index contributed by atoms with van der Waals surface area (Å²) in [5.74, 6) is -1.38. The smallest absolute Gasteiger partial charge is 0.341 e. The second-order valence-electron chi connectivity index (χ2n) is 8.43. The van der Waals surface area contributed by atoms with Crippen molar-refractivity contribution in [1.82, 2.24) is 10.3 Å².